The highest BCUT2D eigenvalue weighted by atomic mass is 32.2. The molecule has 0 aliphatic carbocycles. The van der Waals surface area contributed by atoms with Crippen LogP contribution < -0.4 is 10.5 Å². The first kappa shape index (κ1) is 18.0. The highest BCUT2D eigenvalue weighted by molar-refractivity contribution is 8.00. The van der Waals surface area contributed by atoms with Crippen LogP contribution in [-0.4, -0.2) is 27.2 Å². The Balaban J connectivity index is 2.39. The molecule has 0 radical (unpaired) electrons. The Labute approximate surface area is 139 Å². The molecule has 128 valence electrons. The number of halogens is 1. The second-order valence-electron chi connectivity index (χ2n) is 6.25. The van der Waals surface area contributed by atoms with Gasteiger partial charge in [0, 0.05) is 12.0 Å². The Hall–Kier alpha value is -1.31. The van der Waals surface area contributed by atoms with E-state index in [1.807, 2.05) is 13.8 Å². The van der Waals surface area contributed by atoms with E-state index in [9.17, 15) is 19.4 Å². The van der Waals surface area contributed by atoms with Gasteiger partial charge in [-0.05, 0) is 42.1 Å². The number of primary amides is 1. The number of carbonyl (C=O) groups is 1. The maximum absolute atomic E-state index is 15.0. The minimum Gasteiger partial charge on any atom is -0.410 e. The number of rotatable bonds is 4. The third-order valence-electron chi connectivity index (χ3n) is 3.80. The van der Waals surface area contributed by atoms with Gasteiger partial charge in [-0.2, -0.15) is 0 Å². The van der Waals surface area contributed by atoms with E-state index in [0.717, 1.165) is 11.8 Å². The molecule has 1 aromatic rings. The predicted molar refractivity (Wildman–Crippen MR) is 86.8 cm³/mol. The topological polar surface area (TPSA) is 92.8 Å². The van der Waals surface area contributed by atoms with Gasteiger partial charge in [-0.15, -0.1) is 0 Å². The maximum atomic E-state index is 15.0. The van der Waals surface area contributed by atoms with Crippen LogP contribution in [0.3, 0.4) is 0 Å². The molecule has 1 aromatic carbocycles. The molecule has 0 spiro atoms. The second kappa shape index (κ2) is 7.07. The van der Waals surface area contributed by atoms with Gasteiger partial charge in [0.15, 0.2) is 0 Å². The first-order chi connectivity index (χ1) is 10.7. The molecule has 0 saturated carbocycles. The fourth-order valence-electron chi connectivity index (χ4n) is 2.85. The summed E-state index contributed by atoms with van der Waals surface area (Å²) in [5, 5.41) is 17.8. The summed E-state index contributed by atoms with van der Waals surface area (Å²) in [5.74, 6) is 0.0735. The van der Waals surface area contributed by atoms with Gasteiger partial charge >= 0.3 is 6.09 Å². The van der Waals surface area contributed by atoms with Gasteiger partial charge in [-0.1, -0.05) is 31.7 Å². The number of benzene rings is 1. The summed E-state index contributed by atoms with van der Waals surface area (Å²) < 4.78 is 19.9. The van der Waals surface area contributed by atoms with Crippen molar-refractivity contribution in [3.8, 4) is 5.75 Å². The molecule has 1 aliphatic rings. The van der Waals surface area contributed by atoms with Crippen LogP contribution in [0.5, 0.6) is 5.75 Å². The molecule has 7 heteroatoms. The molecule has 1 fully saturated rings. The average Bonchev–Trinajstić information content (AvgIpc) is 2.41. The number of carbonyl (C=O) groups excluding carboxylic acids is 1. The fourth-order valence-corrected chi connectivity index (χ4v) is 3.90. The first-order valence-electron chi connectivity index (χ1n) is 7.57. The average molecular weight is 343 g/mol. The van der Waals surface area contributed by atoms with Crippen LogP contribution >= 0.6 is 11.8 Å². The molecule has 1 heterocycles. The summed E-state index contributed by atoms with van der Waals surface area (Å²) in [6, 6.07) is 3.06. The first-order valence-corrected chi connectivity index (χ1v) is 8.55. The predicted octanol–water partition coefficient (Wildman–Crippen LogP) is 2.73. The van der Waals surface area contributed by atoms with E-state index in [2.05, 4.69) is 0 Å². The quantitative estimate of drug-likeness (QED) is 0.731. The SMILES string of the molecule is CC(C)Cc1c(OC(N)=O)ccc(C2CCSC(O)(O)C2)c1F. The third-order valence-corrected chi connectivity index (χ3v) is 4.87. The van der Waals surface area contributed by atoms with Crippen LogP contribution in [0.2, 0.25) is 0 Å². The Bertz CT molecular complexity index is 592. The summed E-state index contributed by atoms with van der Waals surface area (Å²) in [6.07, 6.45) is 0.126. The van der Waals surface area contributed by atoms with Crippen molar-refractivity contribution in [3.63, 3.8) is 0 Å². The molecule has 1 saturated heterocycles. The van der Waals surface area contributed by atoms with Crippen molar-refractivity contribution in [1.29, 1.82) is 0 Å². The number of ether oxygens (including phenoxy) is 1. The Morgan fingerprint density at radius 2 is 2.22 bits per heavy atom. The van der Waals surface area contributed by atoms with E-state index in [1.54, 1.807) is 0 Å². The highest BCUT2D eigenvalue weighted by Crippen LogP contribution is 2.42. The van der Waals surface area contributed by atoms with Crippen molar-refractivity contribution >= 4 is 17.9 Å². The molecule has 0 aromatic heterocycles. The van der Waals surface area contributed by atoms with Gasteiger partial charge in [-0.3, -0.25) is 0 Å². The molecule has 2 rings (SSSR count). The number of hydrogen-bond donors (Lipinski definition) is 3. The van der Waals surface area contributed by atoms with Gasteiger partial charge < -0.3 is 20.7 Å². The summed E-state index contributed by atoms with van der Waals surface area (Å²) in [6.45, 7) is 3.87. The minimum atomic E-state index is -1.84. The molecule has 0 bridgehead atoms. The molecule has 1 atom stereocenters. The van der Waals surface area contributed by atoms with Gasteiger partial charge in [0.2, 0.25) is 5.12 Å². The van der Waals surface area contributed by atoms with Crippen LogP contribution in [-0.2, 0) is 6.42 Å². The standard InChI is InChI=1S/C16H22FNO4S/c1-9(2)7-12-13(22-15(18)19)4-3-11(14(12)17)10-5-6-23-16(20,21)8-10/h3-4,9-10,20-21H,5-8H2,1-2H3,(H2,18,19). The van der Waals surface area contributed by atoms with E-state index in [1.165, 1.54) is 12.1 Å². The van der Waals surface area contributed by atoms with Gasteiger partial charge in [0.1, 0.15) is 11.6 Å². The van der Waals surface area contributed by atoms with Gasteiger partial charge in [0.05, 0.1) is 0 Å². The smallest absolute Gasteiger partial charge is 0.409 e. The molecule has 1 unspecified atom stereocenters. The van der Waals surface area contributed by atoms with Crippen molar-refractivity contribution in [2.24, 2.45) is 11.7 Å². The highest BCUT2D eigenvalue weighted by Gasteiger charge is 2.35. The summed E-state index contributed by atoms with van der Waals surface area (Å²) >= 11 is 1.05. The van der Waals surface area contributed by atoms with Crippen molar-refractivity contribution in [1.82, 2.24) is 0 Å². The van der Waals surface area contributed by atoms with E-state index < -0.39 is 17.0 Å². The lowest BCUT2D eigenvalue weighted by Gasteiger charge is -2.32. The number of hydrogen-bond acceptors (Lipinski definition) is 5. The zero-order valence-electron chi connectivity index (χ0n) is 13.2. The van der Waals surface area contributed by atoms with E-state index in [4.69, 9.17) is 10.5 Å². The van der Waals surface area contributed by atoms with E-state index in [0.29, 0.717) is 29.7 Å². The van der Waals surface area contributed by atoms with Crippen molar-refractivity contribution in [2.75, 3.05) is 5.75 Å². The number of nitrogens with two attached hydrogens (primary N) is 1. The molecular formula is C16H22FNO4S. The van der Waals surface area contributed by atoms with E-state index in [-0.39, 0.29) is 24.0 Å². The molecule has 1 aliphatic heterocycles. The summed E-state index contributed by atoms with van der Waals surface area (Å²) in [4.78, 5) is 11.0. The zero-order valence-corrected chi connectivity index (χ0v) is 14.0. The van der Waals surface area contributed by atoms with Crippen molar-refractivity contribution in [2.45, 2.75) is 44.1 Å². The zero-order chi connectivity index (χ0) is 17.2. The van der Waals surface area contributed by atoms with Gasteiger partial charge in [0.25, 0.3) is 0 Å². The molecular weight excluding hydrogens is 321 g/mol. The van der Waals surface area contributed by atoms with Gasteiger partial charge in [-0.25, -0.2) is 9.18 Å². The lowest BCUT2D eigenvalue weighted by atomic mass is 9.88. The number of amides is 1. The van der Waals surface area contributed by atoms with Crippen LogP contribution in [0.15, 0.2) is 12.1 Å². The fraction of sp³-hybridized carbons (Fsp3) is 0.562. The molecule has 23 heavy (non-hydrogen) atoms. The number of thioether (sulfide) groups is 1. The molecule has 4 N–H and O–H groups in total. The van der Waals surface area contributed by atoms with Crippen molar-refractivity contribution in [3.05, 3.63) is 29.1 Å². The maximum Gasteiger partial charge on any atom is 0.409 e. The largest absolute Gasteiger partial charge is 0.410 e. The lowest BCUT2D eigenvalue weighted by Crippen LogP contribution is -2.31. The monoisotopic (exact) mass is 343 g/mol. The molecule has 1 amide bonds. The number of aliphatic hydroxyl groups is 2. The third kappa shape index (κ3) is 4.59. The van der Waals surface area contributed by atoms with Crippen LogP contribution in [0.1, 0.15) is 43.7 Å². The Morgan fingerprint density at radius 1 is 1.52 bits per heavy atom. The van der Waals surface area contributed by atoms with Crippen LogP contribution in [0.4, 0.5) is 9.18 Å². The normalized spacial score (nSPS) is 20.5. The van der Waals surface area contributed by atoms with E-state index >= 15 is 0 Å². The van der Waals surface area contributed by atoms with Crippen molar-refractivity contribution < 1.29 is 24.1 Å². The molecule has 5 nitrogen and oxygen atoms in total. The second-order valence-corrected chi connectivity index (χ2v) is 7.60. The Morgan fingerprint density at radius 3 is 2.78 bits per heavy atom. The summed E-state index contributed by atoms with van der Waals surface area (Å²) in [7, 11) is 0. The van der Waals surface area contributed by atoms with Crippen LogP contribution in [0, 0.1) is 11.7 Å². The lowest BCUT2D eigenvalue weighted by molar-refractivity contribution is -0.0887. The minimum absolute atomic E-state index is 0.0612. The van der Waals surface area contributed by atoms with Crippen LogP contribution in [0.25, 0.3) is 0 Å². The summed E-state index contributed by atoms with van der Waals surface area (Å²) in [5.41, 5.74) is 5.76. The Kier molecular flexibility index (Phi) is 5.54.